The number of halogens is 2. The van der Waals surface area contributed by atoms with Gasteiger partial charge in [-0.3, -0.25) is 4.79 Å². The van der Waals surface area contributed by atoms with E-state index >= 15 is 0 Å². The number of amides is 3. The van der Waals surface area contributed by atoms with Crippen molar-refractivity contribution in [2.24, 2.45) is 0 Å². The molecular weight excluding hydrogens is 396 g/mol. The lowest BCUT2D eigenvalue weighted by Crippen LogP contribution is -2.48. The molecule has 3 rings (SSSR count). The molecule has 24 heavy (non-hydrogen) atoms. The van der Waals surface area contributed by atoms with Crippen LogP contribution in [0.25, 0.3) is 0 Å². The molecular formula is C17H16BrClN2O3. The molecule has 1 aromatic heterocycles. The van der Waals surface area contributed by atoms with Gasteiger partial charge in [0.05, 0.1) is 5.69 Å². The second-order valence-electron chi connectivity index (χ2n) is 5.55. The van der Waals surface area contributed by atoms with E-state index in [-0.39, 0.29) is 11.8 Å². The van der Waals surface area contributed by atoms with Gasteiger partial charge >= 0.3 is 11.9 Å². The fraction of sp³-hybridized carbons (Fsp3) is 0.294. The van der Waals surface area contributed by atoms with Crippen molar-refractivity contribution in [2.75, 3.05) is 18.0 Å². The van der Waals surface area contributed by atoms with Crippen molar-refractivity contribution in [3.05, 3.63) is 51.9 Å². The number of benzene rings is 1. The van der Waals surface area contributed by atoms with Crippen LogP contribution in [-0.4, -0.2) is 29.9 Å². The first-order valence-electron chi connectivity index (χ1n) is 7.70. The third-order valence-corrected chi connectivity index (χ3v) is 4.57. The second kappa shape index (κ2) is 7.40. The number of furan rings is 1. The standard InChI is InChI=1S/C17H16BrClN2O3/c18-15-9-8-14(24-15)16(22)21(13-6-4-12(19)5-7-13)17(23)20-10-2-1-3-11-20/h4-9H,1-3,10-11H2. The Morgan fingerprint density at radius 3 is 2.29 bits per heavy atom. The summed E-state index contributed by atoms with van der Waals surface area (Å²) in [6.45, 7) is 1.30. The molecule has 0 spiro atoms. The number of carbonyl (C=O) groups is 2. The molecule has 1 aliphatic rings. The van der Waals surface area contributed by atoms with Crippen LogP contribution in [-0.2, 0) is 0 Å². The second-order valence-corrected chi connectivity index (χ2v) is 6.77. The number of likely N-dealkylation sites (tertiary alicyclic amines) is 1. The van der Waals surface area contributed by atoms with Crippen LogP contribution in [0.5, 0.6) is 0 Å². The number of carbonyl (C=O) groups excluding carboxylic acids is 2. The SMILES string of the molecule is O=C(c1ccc(Br)o1)N(C(=O)N1CCCCC1)c1ccc(Cl)cc1. The lowest BCUT2D eigenvalue weighted by atomic mass is 10.1. The molecule has 126 valence electrons. The number of imide groups is 1. The first-order valence-corrected chi connectivity index (χ1v) is 8.87. The van der Waals surface area contributed by atoms with Crippen LogP contribution in [0.15, 0.2) is 45.5 Å². The van der Waals surface area contributed by atoms with Gasteiger partial charge in [0.15, 0.2) is 10.4 Å². The number of anilines is 1. The molecule has 0 radical (unpaired) electrons. The molecule has 0 N–H and O–H groups in total. The van der Waals surface area contributed by atoms with E-state index in [1.165, 1.54) is 0 Å². The molecule has 3 amide bonds. The highest BCUT2D eigenvalue weighted by molar-refractivity contribution is 9.10. The molecule has 1 aromatic carbocycles. The van der Waals surface area contributed by atoms with Crippen molar-refractivity contribution in [1.29, 1.82) is 0 Å². The Hall–Kier alpha value is -1.79. The van der Waals surface area contributed by atoms with Crippen LogP contribution in [0.4, 0.5) is 10.5 Å². The van der Waals surface area contributed by atoms with E-state index in [4.69, 9.17) is 16.0 Å². The molecule has 0 atom stereocenters. The van der Waals surface area contributed by atoms with Crippen LogP contribution in [0, 0.1) is 0 Å². The van der Waals surface area contributed by atoms with E-state index < -0.39 is 5.91 Å². The summed E-state index contributed by atoms with van der Waals surface area (Å²) in [6, 6.07) is 9.43. The summed E-state index contributed by atoms with van der Waals surface area (Å²) < 4.78 is 5.77. The summed E-state index contributed by atoms with van der Waals surface area (Å²) >= 11 is 9.10. The van der Waals surface area contributed by atoms with E-state index in [0.29, 0.717) is 28.5 Å². The smallest absolute Gasteiger partial charge is 0.331 e. The highest BCUT2D eigenvalue weighted by Crippen LogP contribution is 2.24. The summed E-state index contributed by atoms with van der Waals surface area (Å²) in [5.41, 5.74) is 0.465. The molecule has 1 fully saturated rings. The van der Waals surface area contributed by atoms with Crippen molar-refractivity contribution >= 4 is 45.2 Å². The number of rotatable bonds is 2. The van der Waals surface area contributed by atoms with E-state index in [0.717, 1.165) is 24.2 Å². The van der Waals surface area contributed by atoms with E-state index in [9.17, 15) is 9.59 Å². The first kappa shape index (κ1) is 17.0. The van der Waals surface area contributed by atoms with Crippen molar-refractivity contribution in [2.45, 2.75) is 19.3 Å². The zero-order chi connectivity index (χ0) is 17.1. The van der Waals surface area contributed by atoms with E-state index in [1.807, 2.05) is 0 Å². The van der Waals surface area contributed by atoms with Crippen molar-refractivity contribution in [3.8, 4) is 0 Å². The van der Waals surface area contributed by atoms with Crippen LogP contribution < -0.4 is 4.90 Å². The minimum Gasteiger partial charge on any atom is -0.444 e. The number of nitrogens with zero attached hydrogens (tertiary/aromatic N) is 2. The molecule has 0 bridgehead atoms. The van der Waals surface area contributed by atoms with Crippen molar-refractivity contribution < 1.29 is 14.0 Å². The Bertz CT molecular complexity index is 739. The number of hydrogen-bond donors (Lipinski definition) is 0. The van der Waals surface area contributed by atoms with Gasteiger partial charge < -0.3 is 9.32 Å². The number of piperidine rings is 1. The summed E-state index contributed by atoms with van der Waals surface area (Å²) in [4.78, 5) is 28.7. The van der Waals surface area contributed by atoms with Crippen molar-refractivity contribution in [3.63, 3.8) is 0 Å². The van der Waals surface area contributed by atoms with Gasteiger partial charge in [-0.25, -0.2) is 9.69 Å². The van der Waals surface area contributed by atoms with Gasteiger partial charge in [-0.1, -0.05) is 11.6 Å². The average Bonchev–Trinajstić information content (AvgIpc) is 3.04. The highest BCUT2D eigenvalue weighted by Gasteiger charge is 2.31. The van der Waals surface area contributed by atoms with Gasteiger partial charge in [0, 0.05) is 18.1 Å². The van der Waals surface area contributed by atoms with E-state index in [2.05, 4.69) is 15.9 Å². The lowest BCUT2D eigenvalue weighted by molar-refractivity contribution is 0.0956. The molecule has 7 heteroatoms. The number of hydrogen-bond acceptors (Lipinski definition) is 3. The summed E-state index contributed by atoms with van der Waals surface area (Å²) in [5.74, 6) is -0.402. The normalized spacial score (nSPS) is 14.5. The van der Waals surface area contributed by atoms with Crippen LogP contribution in [0.2, 0.25) is 5.02 Å². The molecule has 0 saturated carbocycles. The summed E-state index contributed by atoms with van der Waals surface area (Å²) in [7, 11) is 0. The summed E-state index contributed by atoms with van der Waals surface area (Å²) in [6.07, 6.45) is 2.99. The average molecular weight is 412 g/mol. The zero-order valence-corrected chi connectivity index (χ0v) is 15.2. The fourth-order valence-corrected chi connectivity index (χ4v) is 3.10. The Morgan fingerprint density at radius 2 is 1.71 bits per heavy atom. The minimum absolute atomic E-state index is 0.0992. The van der Waals surface area contributed by atoms with Gasteiger partial charge in [-0.05, 0) is 71.6 Å². The maximum Gasteiger partial charge on any atom is 0.331 e. The molecule has 1 aliphatic heterocycles. The largest absolute Gasteiger partial charge is 0.444 e. The third kappa shape index (κ3) is 3.65. The van der Waals surface area contributed by atoms with E-state index in [1.54, 1.807) is 41.3 Å². The minimum atomic E-state index is -0.501. The van der Waals surface area contributed by atoms with Crippen LogP contribution in [0.3, 0.4) is 0 Å². The van der Waals surface area contributed by atoms with Gasteiger partial charge in [0.1, 0.15) is 0 Å². The van der Waals surface area contributed by atoms with Gasteiger partial charge in [0.25, 0.3) is 0 Å². The quantitative estimate of drug-likeness (QED) is 0.702. The summed E-state index contributed by atoms with van der Waals surface area (Å²) in [5, 5.41) is 0.539. The van der Waals surface area contributed by atoms with Crippen LogP contribution in [0.1, 0.15) is 29.8 Å². The number of urea groups is 1. The Morgan fingerprint density at radius 1 is 1.04 bits per heavy atom. The van der Waals surface area contributed by atoms with Gasteiger partial charge in [-0.2, -0.15) is 0 Å². The predicted molar refractivity (Wildman–Crippen MR) is 95.5 cm³/mol. The molecule has 0 unspecified atom stereocenters. The lowest BCUT2D eigenvalue weighted by Gasteiger charge is -2.31. The molecule has 1 saturated heterocycles. The zero-order valence-electron chi connectivity index (χ0n) is 12.9. The van der Waals surface area contributed by atoms with Crippen LogP contribution >= 0.6 is 27.5 Å². The monoisotopic (exact) mass is 410 g/mol. The maximum atomic E-state index is 12.9. The Kier molecular flexibility index (Phi) is 5.26. The van der Waals surface area contributed by atoms with Gasteiger partial charge in [0.2, 0.25) is 0 Å². The molecule has 5 nitrogen and oxygen atoms in total. The Balaban J connectivity index is 1.95. The maximum absolute atomic E-state index is 12.9. The molecule has 2 heterocycles. The molecule has 2 aromatic rings. The Labute approximate surface area is 153 Å². The topological polar surface area (TPSA) is 53.8 Å². The fourth-order valence-electron chi connectivity index (χ4n) is 2.67. The first-order chi connectivity index (χ1) is 11.6. The van der Waals surface area contributed by atoms with Crippen molar-refractivity contribution in [1.82, 2.24) is 4.90 Å². The predicted octanol–water partition coefficient (Wildman–Crippen LogP) is 4.95. The highest BCUT2D eigenvalue weighted by atomic mass is 79.9. The third-order valence-electron chi connectivity index (χ3n) is 3.89. The molecule has 0 aliphatic carbocycles. The van der Waals surface area contributed by atoms with Gasteiger partial charge in [-0.15, -0.1) is 0 Å².